The van der Waals surface area contributed by atoms with Crippen molar-refractivity contribution in [2.45, 2.75) is 51.9 Å². The molecule has 0 saturated heterocycles. The third-order valence-electron chi connectivity index (χ3n) is 7.25. The maximum atomic E-state index is 12.1. The third-order valence-corrected chi connectivity index (χ3v) is 7.25. The molecule has 0 amide bonds. The lowest BCUT2D eigenvalue weighted by atomic mass is 9.76. The summed E-state index contributed by atoms with van der Waals surface area (Å²) < 4.78 is 0. The van der Waals surface area contributed by atoms with Crippen molar-refractivity contribution in [3.05, 3.63) is 111 Å². The number of carbonyl (C=O) groups is 1. The lowest BCUT2D eigenvalue weighted by Crippen LogP contribution is -2.22. The van der Waals surface area contributed by atoms with Gasteiger partial charge in [0.05, 0.1) is 0 Å². The van der Waals surface area contributed by atoms with Crippen LogP contribution in [0, 0.1) is 5.92 Å². The second-order valence-corrected chi connectivity index (χ2v) is 9.30. The van der Waals surface area contributed by atoms with Gasteiger partial charge in [0.1, 0.15) is 5.78 Å². The highest BCUT2D eigenvalue weighted by Crippen LogP contribution is 2.42. The van der Waals surface area contributed by atoms with Crippen molar-refractivity contribution in [1.29, 1.82) is 0 Å². The molecule has 1 nitrogen and oxygen atoms in total. The summed E-state index contributed by atoms with van der Waals surface area (Å²) in [4.78, 5) is 12.1. The van der Waals surface area contributed by atoms with Crippen LogP contribution in [0.2, 0.25) is 0 Å². The van der Waals surface area contributed by atoms with Gasteiger partial charge < -0.3 is 0 Å². The van der Waals surface area contributed by atoms with Crippen molar-refractivity contribution in [3.8, 4) is 0 Å². The van der Waals surface area contributed by atoms with E-state index in [1.807, 2.05) is 0 Å². The van der Waals surface area contributed by atoms with Gasteiger partial charge in [-0.15, -0.1) is 0 Å². The summed E-state index contributed by atoms with van der Waals surface area (Å²) in [7, 11) is 0. The molecular weight excluding hydrogens is 376 g/mol. The third kappa shape index (κ3) is 3.90. The fourth-order valence-electron chi connectivity index (χ4n) is 5.57. The smallest absolute Gasteiger partial charge is 0.133 e. The lowest BCUT2D eigenvalue weighted by molar-refractivity contribution is -0.121. The zero-order chi connectivity index (χ0) is 21.4. The van der Waals surface area contributed by atoms with Gasteiger partial charge in [-0.1, -0.05) is 78.4 Å². The van der Waals surface area contributed by atoms with Crippen molar-refractivity contribution < 1.29 is 4.79 Å². The zero-order valence-corrected chi connectivity index (χ0v) is 18.5. The molecular formula is C30H30O. The van der Waals surface area contributed by atoms with Crippen molar-refractivity contribution in [2.75, 3.05) is 0 Å². The quantitative estimate of drug-likeness (QED) is 0.460. The Bertz CT molecular complexity index is 1150. The minimum absolute atomic E-state index is 0.183. The fourth-order valence-corrected chi connectivity index (χ4v) is 5.57. The first kappa shape index (κ1) is 20.0. The average Bonchev–Trinajstić information content (AvgIpc) is 3.13. The Morgan fingerprint density at radius 3 is 2.55 bits per heavy atom. The van der Waals surface area contributed by atoms with Crippen LogP contribution in [0.15, 0.2) is 72.3 Å². The molecule has 0 aliphatic heterocycles. The van der Waals surface area contributed by atoms with Gasteiger partial charge in [0.25, 0.3) is 0 Å². The van der Waals surface area contributed by atoms with Crippen molar-refractivity contribution in [2.24, 2.45) is 5.92 Å². The molecule has 0 heterocycles. The Kier molecular flexibility index (Phi) is 5.36. The molecule has 0 saturated carbocycles. The number of allylic oxidation sites excluding steroid dienone is 1. The summed E-state index contributed by atoms with van der Waals surface area (Å²) in [5.41, 5.74) is 11.3. The predicted molar refractivity (Wildman–Crippen MR) is 128 cm³/mol. The first-order chi connectivity index (χ1) is 15.1. The van der Waals surface area contributed by atoms with E-state index >= 15 is 0 Å². The van der Waals surface area contributed by atoms with Crippen LogP contribution in [0.5, 0.6) is 0 Å². The number of ketones is 1. The fraction of sp³-hybridized carbons (Fsp3) is 0.300. The molecule has 3 aromatic carbocycles. The van der Waals surface area contributed by atoms with Crippen LogP contribution in [0.25, 0.3) is 6.08 Å². The van der Waals surface area contributed by atoms with Gasteiger partial charge in [0.15, 0.2) is 0 Å². The molecule has 0 bridgehead atoms. The lowest BCUT2D eigenvalue weighted by Gasteiger charge is -2.28. The summed E-state index contributed by atoms with van der Waals surface area (Å²) in [5.74, 6) is 0.873. The minimum atomic E-state index is 0.183. The highest BCUT2D eigenvalue weighted by Gasteiger charge is 2.28. The van der Waals surface area contributed by atoms with Crippen molar-refractivity contribution in [3.63, 3.8) is 0 Å². The molecule has 156 valence electrons. The summed E-state index contributed by atoms with van der Waals surface area (Å²) in [6.45, 7) is 4.02. The molecule has 31 heavy (non-hydrogen) atoms. The number of hydrogen-bond donors (Lipinski definition) is 0. The normalized spacial score (nSPS) is 19.5. The van der Waals surface area contributed by atoms with E-state index in [1.54, 1.807) is 6.92 Å². The molecule has 0 fully saturated rings. The molecule has 2 unspecified atom stereocenters. The number of fused-ring (bicyclic) bond motifs is 2. The van der Waals surface area contributed by atoms with Gasteiger partial charge in [-0.25, -0.2) is 0 Å². The molecule has 0 radical (unpaired) electrons. The van der Waals surface area contributed by atoms with Crippen LogP contribution in [-0.2, 0) is 30.5 Å². The zero-order valence-electron chi connectivity index (χ0n) is 18.5. The summed E-state index contributed by atoms with van der Waals surface area (Å²) in [6.07, 6.45) is 7.32. The maximum absolute atomic E-state index is 12.1. The van der Waals surface area contributed by atoms with Gasteiger partial charge in [-0.3, -0.25) is 4.79 Å². The number of aryl methyl sites for hydroxylation is 3. The van der Waals surface area contributed by atoms with Crippen LogP contribution in [0.3, 0.4) is 0 Å². The first-order valence-corrected chi connectivity index (χ1v) is 11.6. The second kappa shape index (κ2) is 8.30. The molecule has 2 aliphatic carbocycles. The number of hydrogen-bond acceptors (Lipinski definition) is 1. The van der Waals surface area contributed by atoms with E-state index in [0.29, 0.717) is 11.7 Å². The Hall–Kier alpha value is -2.93. The first-order valence-electron chi connectivity index (χ1n) is 11.6. The van der Waals surface area contributed by atoms with Crippen LogP contribution in [-0.4, -0.2) is 5.78 Å². The Balaban J connectivity index is 1.55. The highest BCUT2D eigenvalue weighted by atomic mass is 16.1. The number of Topliss-reactive ketones (excluding diaryl/α,β-unsaturated/α-hetero) is 1. The topological polar surface area (TPSA) is 17.1 Å². The monoisotopic (exact) mass is 406 g/mol. The van der Waals surface area contributed by atoms with Crippen molar-refractivity contribution >= 4 is 11.9 Å². The molecule has 0 aromatic heterocycles. The minimum Gasteiger partial charge on any atom is -0.300 e. The number of rotatable bonds is 5. The molecule has 5 rings (SSSR count). The van der Waals surface area contributed by atoms with Crippen LogP contribution in [0.4, 0.5) is 0 Å². The van der Waals surface area contributed by atoms with E-state index in [9.17, 15) is 4.79 Å². The molecule has 2 atom stereocenters. The number of benzene rings is 3. The Morgan fingerprint density at radius 1 is 0.968 bits per heavy atom. The average molecular weight is 407 g/mol. The Morgan fingerprint density at radius 2 is 1.74 bits per heavy atom. The molecule has 1 heteroatoms. The highest BCUT2D eigenvalue weighted by molar-refractivity contribution is 5.79. The SMILES string of the molecule is CC(=O)C1CCc2cc(C3C(C)=Cc4ccccc43)cc(CCc3ccccc3)c2C1. The molecule has 0 spiro atoms. The van der Waals surface area contributed by atoms with Crippen LogP contribution >= 0.6 is 0 Å². The second-order valence-electron chi connectivity index (χ2n) is 9.30. The van der Waals surface area contributed by atoms with Crippen LogP contribution < -0.4 is 0 Å². The van der Waals surface area contributed by atoms with E-state index < -0.39 is 0 Å². The summed E-state index contributed by atoms with van der Waals surface area (Å²) in [5, 5.41) is 0. The van der Waals surface area contributed by atoms with E-state index in [4.69, 9.17) is 0 Å². The standard InChI is InChI=1S/C30H30O/c1-20-16-24-10-6-7-11-28(24)30(20)27-17-25(13-12-22-8-4-3-5-9-22)29-19-23(21(2)31)14-15-26(29)18-27/h3-11,16-18,23,30H,12-15,19H2,1-2H3. The Labute approximate surface area is 185 Å². The van der Waals surface area contributed by atoms with Gasteiger partial charge in [0.2, 0.25) is 0 Å². The summed E-state index contributed by atoms with van der Waals surface area (Å²) >= 11 is 0. The van der Waals surface area contributed by atoms with E-state index in [0.717, 1.165) is 32.1 Å². The van der Waals surface area contributed by atoms with Gasteiger partial charge in [-0.2, -0.15) is 0 Å². The van der Waals surface area contributed by atoms with E-state index in [-0.39, 0.29) is 5.92 Å². The largest absolute Gasteiger partial charge is 0.300 e. The van der Waals surface area contributed by atoms with Crippen LogP contribution in [0.1, 0.15) is 65.1 Å². The molecule has 2 aliphatic rings. The maximum Gasteiger partial charge on any atom is 0.133 e. The summed E-state index contributed by atoms with van der Waals surface area (Å²) in [6, 6.07) is 24.4. The van der Waals surface area contributed by atoms with Gasteiger partial charge >= 0.3 is 0 Å². The molecule has 0 N–H and O–H groups in total. The molecule has 3 aromatic rings. The predicted octanol–water partition coefficient (Wildman–Crippen LogP) is 6.71. The van der Waals surface area contributed by atoms with E-state index in [1.165, 1.54) is 44.5 Å². The number of carbonyl (C=O) groups excluding carboxylic acids is 1. The van der Waals surface area contributed by atoms with E-state index in [2.05, 4.69) is 79.7 Å². The van der Waals surface area contributed by atoms with Gasteiger partial charge in [0, 0.05) is 11.8 Å². The van der Waals surface area contributed by atoms with Crippen molar-refractivity contribution in [1.82, 2.24) is 0 Å². The van der Waals surface area contributed by atoms with Gasteiger partial charge in [-0.05, 0) is 84.9 Å².